The zero-order valence-corrected chi connectivity index (χ0v) is 45.5. The van der Waals surface area contributed by atoms with Crippen LogP contribution in [-0.2, 0) is 0 Å². The van der Waals surface area contributed by atoms with Crippen LogP contribution in [0.15, 0.2) is 278 Å². The molecule has 0 fully saturated rings. The Kier molecular flexibility index (Phi) is 13.5. The van der Waals surface area contributed by atoms with E-state index in [0.29, 0.717) is 0 Å². The van der Waals surface area contributed by atoms with Gasteiger partial charge in [0.1, 0.15) is 14.2 Å². The minimum Gasteiger partial charge on any atom is -0.135 e. The molecule has 69 heavy (non-hydrogen) atoms. The average Bonchev–Trinajstić information content (AvgIpc) is 4.17. The molecule has 0 saturated carbocycles. The second-order valence-electron chi connectivity index (χ2n) is 18.0. The maximum atomic E-state index is 4.57. The molecular formula is C62H52S2Si5. The lowest BCUT2D eigenvalue weighted by Gasteiger charge is -2.63. The third-order valence-corrected chi connectivity index (χ3v) is 91.0. The van der Waals surface area contributed by atoms with Gasteiger partial charge in [0.05, 0.1) is 16.9 Å². The average molecular weight is 1000 g/mol. The summed E-state index contributed by atoms with van der Waals surface area (Å²) in [5, 5.41) is 15.6. The molecule has 0 N–H and O–H groups in total. The number of benzene rings is 8. The third kappa shape index (κ3) is 7.72. The fraction of sp³-hybridized carbons (Fsp3) is 0.0323. The monoisotopic (exact) mass is 1000 g/mol. The van der Waals surface area contributed by atoms with Crippen molar-refractivity contribution in [3.8, 4) is 22.9 Å². The molecule has 2 heterocycles. The molecule has 0 unspecified atom stereocenters. The van der Waals surface area contributed by atoms with Crippen LogP contribution in [0.3, 0.4) is 0 Å². The van der Waals surface area contributed by atoms with Gasteiger partial charge in [0.15, 0.2) is 15.2 Å². The van der Waals surface area contributed by atoms with Crippen LogP contribution in [0.25, 0.3) is 0 Å². The number of rotatable bonds is 12. The first-order chi connectivity index (χ1) is 34.0. The molecule has 0 aliphatic carbocycles. The number of hydrogen-bond acceptors (Lipinski definition) is 2. The van der Waals surface area contributed by atoms with Crippen molar-refractivity contribution in [1.82, 2.24) is 0 Å². The summed E-state index contributed by atoms with van der Waals surface area (Å²) in [5.74, 6) is 8.09. The van der Waals surface area contributed by atoms with Crippen LogP contribution in [0.1, 0.15) is 9.75 Å². The molecule has 0 nitrogen and oxygen atoms in total. The summed E-state index contributed by atoms with van der Waals surface area (Å²) < 4.78 is 0. The van der Waals surface area contributed by atoms with E-state index in [1.807, 2.05) is 0 Å². The summed E-state index contributed by atoms with van der Waals surface area (Å²) in [6.45, 7) is 5.73. The fourth-order valence-corrected chi connectivity index (χ4v) is 122. The lowest BCUT2D eigenvalue weighted by Crippen LogP contribution is -3.05. The summed E-state index contributed by atoms with van der Waals surface area (Å²) in [6.07, 6.45) is 0. The molecule has 0 amide bonds. The summed E-state index contributed by atoms with van der Waals surface area (Å²) in [7, 11) is -17.2. The molecule has 0 atom stereocenters. The van der Waals surface area contributed by atoms with Crippen molar-refractivity contribution in [3.63, 3.8) is 0 Å². The zero-order valence-electron chi connectivity index (χ0n) is 38.9. The van der Waals surface area contributed by atoms with Crippen molar-refractivity contribution in [2.24, 2.45) is 0 Å². The van der Waals surface area contributed by atoms with Gasteiger partial charge in [-0.05, 0) is 43.6 Å². The summed E-state index contributed by atoms with van der Waals surface area (Å²) in [4.78, 5) is 2.19. The summed E-state index contributed by atoms with van der Waals surface area (Å²) >= 11 is 3.48. The first-order valence-electron chi connectivity index (χ1n) is 23.6. The molecular weight excluding hydrogens is 949 g/mol. The minimum absolute atomic E-state index is 1.09. The highest BCUT2D eigenvalue weighted by Crippen LogP contribution is 2.40. The van der Waals surface area contributed by atoms with Crippen LogP contribution in [0, 0.1) is 22.9 Å². The van der Waals surface area contributed by atoms with Crippen molar-refractivity contribution in [2.75, 3.05) is 0 Å². The molecule has 0 aliphatic heterocycles. The van der Waals surface area contributed by atoms with Gasteiger partial charge in [0, 0.05) is 0 Å². The van der Waals surface area contributed by atoms with E-state index in [9.17, 15) is 0 Å². The maximum Gasteiger partial charge on any atom is 0.196 e. The fourth-order valence-electron chi connectivity index (χ4n) is 12.1. The molecule has 0 saturated heterocycles. The molecule has 0 bridgehead atoms. The van der Waals surface area contributed by atoms with Crippen LogP contribution in [0.2, 0.25) is 13.1 Å². The van der Waals surface area contributed by atoms with E-state index in [4.69, 9.17) is 0 Å². The number of hydrogen-bond donors (Lipinski definition) is 0. The van der Waals surface area contributed by atoms with Gasteiger partial charge in [-0.15, -0.1) is 33.8 Å². The van der Waals surface area contributed by atoms with E-state index < -0.39 is 36.5 Å². The largest absolute Gasteiger partial charge is 0.196 e. The number of thiophene rings is 2. The van der Waals surface area contributed by atoms with Crippen LogP contribution < -0.4 is 41.5 Å². The van der Waals surface area contributed by atoms with Crippen molar-refractivity contribution < 1.29 is 0 Å². The van der Waals surface area contributed by atoms with Crippen LogP contribution in [-0.4, -0.2) is 36.5 Å². The highest BCUT2D eigenvalue weighted by molar-refractivity contribution is 8.04. The molecule has 0 spiro atoms. The Morgan fingerprint density at radius 2 is 0.478 bits per heavy atom. The Balaban J connectivity index is 1.56. The Morgan fingerprint density at radius 3 is 0.681 bits per heavy atom. The van der Waals surface area contributed by atoms with Crippen molar-refractivity contribution >= 4 is 101 Å². The SMILES string of the molecule is C[Si](C)([Si](c1ccccc1)(c1ccccc1)[Si](C#Cc1cccs1)(c1ccccc1)c1ccccc1)[Si](c1ccccc1)(c1ccccc1)[Si](C#Cc1cccs1)(c1ccccc1)c1ccccc1. The van der Waals surface area contributed by atoms with Crippen LogP contribution in [0.5, 0.6) is 0 Å². The molecule has 0 radical (unpaired) electrons. The first-order valence-corrected chi connectivity index (χ1v) is 40.3. The van der Waals surface area contributed by atoms with E-state index in [0.717, 1.165) is 9.75 Å². The van der Waals surface area contributed by atoms with Crippen molar-refractivity contribution in [3.05, 3.63) is 287 Å². The smallest absolute Gasteiger partial charge is 0.135 e. The molecule has 10 rings (SSSR count). The van der Waals surface area contributed by atoms with Gasteiger partial charge < -0.3 is 0 Å². The Hall–Kier alpha value is -6.64. The van der Waals surface area contributed by atoms with E-state index >= 15 is 0 Å². The van der Waals surface area contributed by atoms with Crippen LogP contribution in [0.4, 0.5) is 0 Å². The zero-order chi connectivity index (χ0) is 47.0. The van der Waals surface area contributed by atoms with Crippen molar-refractivity contribution in [2.45, 2.75) is 13.1 Å². The second-order valence-corrected chi connectivity index (χ2v) is 59.8. The third-order valence-electron chi connectivity index (χ3n) is 14.4. The second kappa shape index (κ2) is 20.1. The van der Waals surface area contributed by atoms with Gasteiger partial charge in [-0.25, -0.2) is 0 Å². The molecule has 2 aromatic heterocycles. The highest BCUT2D eigenvalue weighted by atomic mass is 32.1. The Labute approximate surface area is 420 Å². The molecule has 7 heteroatoms. The Morgan fingerprint density at radius 1 is 0.261 bits per heavy atom. The lowest BCUT2D eigenvalue weighted by atomic mass is 10.4. The maximum absolute atomic E-state index is 4.57. The van der Waals surface area contributed by atoms with Crippen molar-refractivity contribution in [1.29, 1.82) is 0 Å². The van der Waals surface area contributed by atoms with Crippen LogP contribution >= 0.6 is 22.7 Å². The Bertz CT molecular complexity index is 2950. The predicted octanol–water partition coefficient (Wildman–Crippen LogP) is 9.37. The van der Waals surface area contributed by atoms with Gasteiger partial charge in [0.25, 0.3) is 0 Å². The first kappa shape index (κ1) is 46.1. The predicted molar refractivity (Wildman–Crippen MR) is 312 cm³/mol. The molecule has 10 aromatic rings. The van der Waals surface area contributed by atoms with Gasteiger partial charge >= 0.3 is 0 Å². The molecule has 332 valence electrons. The van der Waals surface area contributed by atoms with Gasteiger partial charge in [-0.3, -0.25) is 0 Å². The normalized spacial score (nSPS) is 12.0. The standard InChI is InChI=1S/C62H52S2Si5/c1-65(2,68(59-39-19-7-20-40-59,60-41-21-8-22-42-60)66(55-31-11-3-12-32-55,56-33-13-4-14-34-56)51-47-53-29-27-49-63-53)69(61-43-23-9-24-44-61,62-45-25-10-26-46-62)67(57-35-15-5-16-36-57,58-37-17-6-18-38-58)52-48-54-30-28-50-64-54/h3-46,49-50H,1-2H3. The van der Waals surface area contributed by atoms with E-state index in [2.05, 4.69) is 314 Å². The van der Waals surface area contributed by atoms with E-state index in [1.165, 1.54) is 41.5 Å². The highest BCUT2D eigenvalue weighted by Gasteiger charge is 2.78. The topological polar surface area (TPSA) is 0 Å². The summed E-state index contributed by atoms with van der Waals surface area (Å²) in [6, 6.07) is 103. The van der Waals surface area contributed by atoms with E-state index in [-0.39, 0.29) is 0 Å². The van der Waals surface area contributed by atoms with Gasteiger partial charge in [0.2, 0.25) is 0 Å². The van der Waals surface area contributed by atoms with Gasteiger partial charge in [-0.2, -0.15) is 0 Å². The quantitative estimate of drug-likeness (QED) is 0.0847. The van der Waals surface area contributed by atoms with Gasteiger partial charge in [-0.1, -0.05) is 300 Å². The summed E-state index contributed by atoms with van der Waals surface area (Å²) in [5.41, 5.74) is 9.14. The molecule has 8 aromatic carbocycles. The molecule has 0 aliphatic rings. The minimum atomic E-state index is -3.50. The lowest BCUT2D eigenvalue weighted by molar-refractivity contribution is 1.69. The van der Waals surface area contributed by atoms with E-state index in [1.54, 1.807) is 22.7 Å².